The summed E-state index contributed by atoms with van der Waals surface area (Å²) < 4.78 is 0. The molecule has 0 bridgehead atoms. The van der Waals surface area contributed by atoms with E-state index in [9.17, 15) is 10.2 Å². The topological polar surface area (TPSA) is 40.5 Å². The van der Waals surface area contributed by atoms with Crippen LogP contribution in [0.2, 0.25) is 10.0 Å². The average Bonchev–Trinajstić information content (AvgIpc) is 3.56. The maximum absolute atomic E-state index is 10.4. The molecule has 158 valence electrons. The lowest BCUT2D eigenvalue weighted by Crippen LogP contribution is -2.32. The Morgan fingerprint density at radius 3 is 1.76 bits per heavy atom. The van der Waals surface area contributed by atoms with Gasteiger partial charge in [-0.2, -0.15) is 0 Å². The lowest BCUT2D eigenvalue weighted by atomic mass is 9.92. The molecule has 0 aromatic heterocycles. The number of hydrogen-bond donors (Lipinski definition) is 2. The van der Waals surface area contributed by atoms with E-state index in [1.54, 1.807) is 0 Å². The van der Waals surface area contributed by atoms with Crippen molar-refractivity contribution in [1.29, 1.82) is 0 Å². The van der Waals surface area contributed by atoms with E-state index in [2.05, 4.69) is 15.9 Å². The van der Waals surface area contributed by atoms with Crippen LogP contribution in [0, 0.1) is 11.8 Å². The van der Waals surface area contributed by atoms with Crippen LogP contribution in [-0.4, -0.2) is 21.4 Å². The molecule has 2 nitrogen and oxygen atoms in total. The first-order chi connectivity index (χ1) is 13.6. The van der Waals surface area contributed by atoms with Gasteiger partial charge in [-0.3, -0.25) is 0 Å². The van der Waals surface area contributed by atoms with Gasteiger partial charge in [0.1, 0.15) is 0 Å². The van der Waals surface area contributed by atoms with E-state index in [1.807, 2.05) is 62.4 Å². The summed E-state index contributed by atoms with van der Waals surface area (Å²) >= 11 is 15.2. The highest BCUT2D eigenvalue weighted by Gasteiger charge is 2.45. The van der Waals surface area contributed by atoms with Crippen molar-refractivity contribution in [3.8, 4) is 0 Å². The van der Waals surface area contributed by atoms with Gasteiger partial charge in [0.15, 0.2) is 0 Å². The first-order valence-electron chi connectivity index (χ1n) is 10.2. The third kappa shape index (κ3) is 6.45. The SMILES string of the molecule is CC(O)(C1CC1)C(Br)c1ccc(Cl)cc1.CC(O)(Cc1ccc(Cl)cc1)C1CC1. The van der Waals surface area contributed by atoms with Crippen LogP contribution < -0.4 is 0 Å². The van der Waals surface area contributed by atoms with E-state index in [-0.39, 0.29) is 4.83 Å². The van der Waals surface area contributed by atoms with Crippen LogP contribution >= 0.6 is 39.1 Å². The first-order valence-corrected chi connectivity index (χ1v) is 11.9. The summed E-state index contributed by atoms with van der Waals surface area (Å²) in [7, 11) is 0. The predicted octanol–water partition coefficient (Wildman–Crippen LogP) is 6.98. The van der Waals surface area contributed by atoms with Crippen molar-refractivity contribution >= 4 is 39.1 Å². The Hall–Kier alpha value is -0.580. The molecule has 0 radical (unpaired) electrons. The second kappa shape index (κ2) is 9.28. The second-order valence-corrected chi connectivity index (χ2v) is 10.6. The van der Waals surface area contributed by atoms with E-state index in [0.717, 1.165) is 40.4 Å². The molecule has 5 heteroatoms. The summed E-state index contributed by atoms with van der Waals surface area (Å²) in [5.74, 6) is 0.927. The molecule has 2 aromatic rings. The van der Waals surface area contributed by atoms with Crippen LogP contribution in [0.1, 0.15) is 55.5 Å². The molecule has 2 fully saturated rings. The molecule has 3 unspecified atom stereocenters. The maximum atomic E-state index is 10.4. The summed E-state index contributed by atoms with van der Waals surface area (Å²) in [4.78, 5) is -0.0187. The molecule has 0 amide bonds. The van der Waals surface area contributed by atoms with Crippen molar-refractivity contribution < 1.29 is 10.2 Å². The van der Waals surface area contributed by atoms with Gasteiger partial charge in [-0.25, -0.2) is 0 Å². The smallest absolute Gasteiger partial charge is 0.0812 e. The van der Waals surface area contributed by atoms with Gasteiger partial charge >= 0.3 is 0 Å². The Balaban J connectivity index is 0.000000166. The normalized spacial score (nSPS) is 21.3. The monoisotopic (exact) mass is 498 g/mol. The lowest BCUT2D eigenvalue weighted by molar-refractivity contribution is 0.0358. The Labute approximate surface area is 192 Å². The van der Waals surface area contributed by atoms with Gasteiger partial charge in [-0.05, 0) is 86.8 Å². The van der Waals surface area contributed by atoms with Crippen molar-refractivity contribution in [3.05, 3.63) is 69.7 Å². The minimum Gasteiger partial charge on any atom is -0.390 e. The number of hydrogen-bond acceptors (Lipinski definition) is 2. The van der Waals surface area contributed by atoms with Gasteiger partial charge in [0.25, 0.3) is 0 Å². The number of benzene rings is 2. The van der Waals surface area contributed by atoms with Crippen molar-refractivity contribution in [3.63, 3.8) is 0 Å². The standard InChI is InChI=1S/C12H14BrClO.C12H15ClO/c1-12(15,9-4-5-9)11(13)8-2-6-10(14)7-3-8;1-12(14,10-4-5-10)8-9-2-6-11(13)7-3-9/h2-3,6-7,9,11,15H,4-5H2,1H3;2-3,6-7,10,14H,4-5,8H2,1H3. The quantitative estimate of drug-likeness (QED) is 0.421. The number of halogens is 3. The van der Waals surface area contributed by atoms with E-state index >= 15 is 0 Å². The molecule has 2 aliphatic rings. The van der Waals surface area contributed by atoms with E-state index in [4.69, 9.17) is 23.2 Å². The third-order valence-corrected chi connectivity index (χ3v) is 7.97. The van der Waals surface area contributed by atoms with Gasteiger partial charge in [0.2, 0.25) is 0 Å². The molecular weight excluding hydrogens is 471 g/mol. The third-order valence-electron chi connectivity index (χ3n) is 6.01. The van der Waals surface area contributed by atoms with Gasteiger partial charge in [-0.1, -0.05) is 63.4 Å². The van der Waals surface area contributed by atoms with Crippen LogP contribution in [0.4, 0.5) is 0 Å². The number of alkyl halides is 1. The van der Waals surface area contributed by atoms with Gasteiger partial charge < -0.3 is 10.2 Å². The molecule has 2 aliphatic carbocycles. The zero-order chi connectivity index (χ0) is 21.2. The van der Waals surface area contributed by atoms with E-state index in [0.29, 0.717) is 11.8 Å². The lowest BCUT2D eigenvalue weighted by Gasteiger charge is -2.29. The van der Waals surface area contributed by atoms with Crippen LogP contribution in [0.3, 0.4) is 0 Å². The van der Waals surface area contributed by atoms with Crippen molar-refractivity contribution in [2.45, 2.75) is 62.0 Å². The molecule has 3 atom stereocenters. The summed E-state index contributed by atoms with van der Waals surface area (Å²) in [6.07, 6.45) is 5.32. The molecule has 2 aromatic carbocycles. The van der Waals surface area contributed by atoms with Gasteiger partial charge in [0.05, 0.1) is 16.0 Å². The minimum absolute atomic E-state index is 0.0187. The van der Waals surface area contributed by atoms with Crippen LogP contribution in [0.25, 0.3) is 0 Å². The molecule has 4 rings (SSSR count). The highest BCUT2D eigenvalue weighted by Crippen LogP contribution is 2.49. The summed E-state index contributed by atoms with van der Waals surface area (Å²) in [6.45, 7) is 3.83. The predicted molar refractivity (Wildman–Crippen MR) is 125 cm³/mol. The Morgan fingerprint density at radius 2 is 1.31 bits per heavy atom. The maximum Gasteiger partial charge on any atom is 0.0812 e. The molecular formula is C24H29BrCl2O2. The summed E-state index contributed by atoms with van der Waals surface area (Å²) in [5.41, 5.74) is 1.05. The highest BCUT2D eigenvalue weighted by atomic mass is 79.9. The first kappa shape index (κ1) is 23.1. The average molecular weight is 500 g/mol. The Morgan fingerprint density at radius 1 is 0.862 bits per heavy atom. The molecule has 29 heavy (non-hydrogen) atoms. The van der Waals surface area contributed by atoms with Crippen molar-refractivity contribution in [1.82, 2.24) is 0 Å². The van der Waals surface area contributed by atoms with Gasteiger partial charge in [-0.15, -0.1) is 0 Å². The fourth-order valence-electron chi connectivity index (χ4n) is 3.71. The molecule has 0 aliphatic heterocycles. The van der Waals surface area contributed by atoms with Crippen LogP contribution in [0.5, 0.6) is 0 Å². The highest BCUT2D eigenvalue weighted by molar-refractivity contribution is 9.09. The fraction of sp³-hybridized carbons (Fsp3) is 0.500. The summed E-state index contributed by atoms with van der Waals surface area (Å²) in [6, 6.07) is 15.3. The second-order valence-electron chi connectivity index (χ2n) is 8.85. The zero-order valence-electron chi connectivity index (χ0n) is 16.9. The Kier molecular flexibility index (Phi) is 7.39. The van der Waals surface area contributed by atoms with Crippen molar-refractivity contribution in [2.75, 3.05) is 0 Å². The van der Waals surface area contributed by atoms with E-state index in [1.165, 1.54) is 12.8 Å². The largest absolute Gasteiger partial charge is 0.390 e. The van der Waals surface area contributed by atoms with Gasteiger partial charge in [0, 0.05) is 16.5 Å². The van der Waals surface area contributed by atoms with E-state index < -0.39 is 11.2 Å². The molecule has 2 N–H and O–H groups in total. The molecule has 0 heterocycles. The molecule has 0 spiro atoms. The minimum atomic E-state index is -0.659. The van der Waals surface area contributed by atoms with Crippen LogP contribution in [-0.2, 0) is 6.42 Å². The zero-order valence-corrected chi connectivity index (χ0v) is 20.0. The van der Waals surface area contributed by atoms with Crippen molar-refractivity contribution in [2.24, 2.45) is 11.8 Å². The number of rotatable bonds is 6. The molecule has 0 saturated heterocycles. The summed E-state index contributed by atoms with van der Waals surface area (Å²) in [5, 5.41) is 22.0. The van der Waals surface area contributed by atoms with Crippen LogP contribution in [0.15, 0.2) is 48.5 Å². The number of aliphatic hydroxyl groups is 2. The fourth-order valence-corrected chi connectivity index (χ4v) is 4.64. The Bertz CT molecular complexity index is 795. The molecule has 2 saturated carbocycles.